The lowest BCUT2D eigenvalue weighted by Gasteiger charge is -2.04. The zero-order valence-corrected chi connectivity index (χ0v) is 16.0. The van der Waals surface area contributed by atoms with E-state index in [1.807, 2.05) is 13.8 Å². The van der Waals surface area contributed by atoms with E-state index in [1.165, 1.54) is 35.6 Å². The predicted molar refractivity (Wildman–Crippen MR) is 102 cm³/mol. The van der Waals surface area contributed by atoms with Gasteiger partial charge >= 0.3 is 0 Å². The molecule has 0 saturated carbocycles. The van der Waals surface area contributed by atoms with Crippen LogP contribution in [0.1, 0.15) is 11.3 Å². The molecule has 0 N–H and O–H groups in total. The van der Waals surface area contributed by atoms with Crippen molar-refractivity contribution in [1.82, 2.24) is 20.0 Å². The Bertz CT molecular complexity index is 1260. The molecule has 0 saturated heterocycles. The predicted octanol–water partition coefficient (Wildman–Crippen LogP) is 3.68. The molecular formula is C16H10BrN5O3S. The fourth-order valence-electron chi connectivity index (χ4n) is 2.76. The number of rotatable bonds is 2. The quantitative estimate of drug-likeness (QED) is 0.354. The summed E-state index contributed by atoms with van der Waals surface area (Å²) in [5.41, 5.74) is 2.33. The lowest BCUT2D eigenvalue weighted by atomic mass is 10.1. The molecule has 0 aliphatic carbocycles. The number of non-ortho nitro benzene ring substituents is 1. The van der Waals surface area contributed by atoms with E-state index in [0.717, 1.165) is 30.6 Å². The highest BCUT2D eigenvalue weighted by Gasteiger charge is 2.18. The van der Waals surface area contributed by atoms with Crippen molar-refractivity contribution in [3.05, 3.63) is 60.5 Å². The van der Waals surface area contributed by atoms with Gasteiger partial charge < -0.3 is 0 Å². The van der Waals surface area contributed by atoms with Crippen molar-refractivity contribution in [3.8, 4) is 5.69 Å². The molecule has 0 unspecified atom stereocenters. The molecular weight excluding hydrogens is 422 g/mol. The molecule has 26 heavy (non-hydrogen) atoms. The molecule has 4 rings (SSSR count). The molecule has 3 heterocycles. The van der Waals surface area contributed by atoms with Gasteiger partial charge in [-0.05, 0) is 47.5 Å². The zero-order chi connectivity index (χ0) is 18.6. The molecule has 3 aromatic heterocycles. The fourth-order valence-corrected chi connectivity index (χ4v) is 4.19. The standard InChI is InChI=1S/C16H10BrN5O3S/c1-7-11-13-14(26-15(11)18-8(2)12(7)17)16(23)21(20-19-13)9-3-5-10(6-4-9)22(24)25/h3-6H,1-2H3. The lowest BCUT2D eigenvalue weighted by molar-refractivity contribution is -0.384. The number of nitro groups is 1. The van der Waals surface area contributed by atoms with Gasteiger partial charge in [0.1, 0.15) is 15.0 Å². The normalized spacial score (nSPS) is 11.3. The summed E-state index contributed by atoms with van der Waals surface area (Å²) in [6, 6.07) is 5.59. The second-order valence-electron chi connectivity index (χ2n) is 5.68. The lowest BCUT2D eigenvalue weighted by Crippen LogP contribution is -2.21. The Morgan fingerprint density at radius 1 is 1.23 bits per heavy atom. The maximum atomic E-state index is 12.9. The van der Waals surface area contributed by atoms with Crippen LogP contribution in [-0.2, 0) is 0 Å². The molecule has 0 aliphatic heterocycles. The largest absolute Gasteiger partial charge is 0.292 e. The fraction of sp³-hybridized carbons (Fsp3) is 0.125. The van der Waals surface area contributed by atoms with Crippen LogP contribution in [0.2, 0.25) is 0 Å². The number of nitro benzene ring substituents is 1. The van der Waals surface area contributed by atoms with Crippen LogP contribution in [0.5, 0.6) is 0 Å². The van der Waals surface area contributed by atoms with Crippen LogP contribution in [0.3, 0.4) is 0 Å². The van der Waals surface area contributed by atoms with E-state index in [0.29, 0.717) is 15.9 Å². The van der Waals surface area contributed by atoms with E-state index in [9.17, 15) is 14.9 Å². The Hall–Kier alpha value is -2.72. The Morgan fingerprint density at radius 3 is 2.58 bits per heavy atom. The SMILES string of the molecule is Cc1nc2sc3c(=O)n(-c4ccc([N+](=O)[O-])cc4)nnc3c2c(C)c1Br. The van der Waals surface area contributed by atoms with Gasteiger partial charge in [-0.2, -0.15) is 4.68 Å². The summed E-state index contributed by atoms with van der Waals surface area (Å²) in [5.74, 6) is 0. The van der Waals surface area contributed by atoms with E-state index in [-0.39, 0.29) is 11.2 Å². The molecule has 0 bridgehead atoms. The molecule has 0 aliphatic rings. The second-order valence-corrected chi connectivity index (χ2v) is 7.47. The van der Waals surface area contributed by atoms with Gasteiger partial charge in [-0.25, -0.2) is 4.98 Å². The summed E-state index contributed by atoms with van der Waals surface area (Å²) < 4.78 is 2.46. The molecule has 0 radical (unpaired) electrons. The third kappa shape index (κ3) is 2.41. The van der Waals surface area contributed by atoms with Crippen molar-refractivity contribution in [1.29, 1.82) is 0 Å². The van der Waals surface area contributed by atoms with Crippen LogP contribution in [-0.4, -0.2) is 24.9 Å². The number of hydrogen-bond acceptors (Lipinski definition) is 7. The Labute approximate surface area is 158 Å². The van der Waals surface area contributed by atoms with Crippen LogP contribution in [0.4, 0.5) is 5.69 Å². The highest BCUT2D eigenvalue weighted by atomic mass is 79.9. The second kappa shape index (κ2) is 5.92. The molecule has 10 heteroatoms. The minimum atomic E-state index is -0.498. The van der Waals surface area contributed by atoms with Crippen molar-refractivity contribution in [3.63, 3.8) is 0 Å². The number of pyridine rings is 1. The first-order chi connectivity index (χ1) is 12.4. The number of fused-ring (bicyclic) bond motifs is 3. The van der Waals surface area contributed by atoms with Gasteiger partial charge in [-0.3, -0.25) is 14.9 Å². The number of nitrogens with zero attached hydrogens (tertiary/aromatic N) is 5. The third-order valence-corrected chi connectivity index (χ3v) is 6.31. The summed E-state index contributed by atoms with van der Waals surface area (Å²) in [6.45, 7) is 3.83. The van der Waals surface area contributed by atoms with Gasteiger partial charge in [0.15, 0.2) is 0 Å². The summed E-state index contributed by atoms with van der Waals surface area (Å²) >= 11 is 4.78. The molecule has 1 aromatic carbocycles. The summed E-state index contributed by atoms with van der Waals surface area (Å²) in [6.07, 6.45) is 0. The van der Waals surface area contributed by atoms with Crippen LogP contribution in [0.15, 0.2) is 33.5 Å². The number of aromatic nitrogens is 4. The molecule has 0 fully saturated rings. The average Bonchev–Trinajstić information content (AvgIpc) is 2.99. The molecule has 0 atom stereocenters. The summed E-state index contributed by atoms with van der Waals surface area (Å²) in [5, 5.41) is 19.8. The third-order valence-electron chi connectivity index (χ3n) is 4.08. The van der Waals surface area contributed by atoms with E-state index in [1.54, 1.807) is 0 Å². The monoisotopic (exact) mass is 431 g/mol. The first-order valence-electron chi connectivity index (χ1n) is 7.48. The van der Waals surface area contributed by atoms with Crippen LogP contribution in [0.25, 0.3) is 26.1 Å². The van der Waals surface area contributed by atoms with Crippen molar-refractivity contribution in [2.24, 2.45) is 0 Å². The van der Waals surface area contributed by atoms with E-state index in [4.69, 9.17) is 0 Å². The summed E-state index contributed by atoms with van der Waals surface area (Å²) in [7, 11) is 0. The van der Waals surface area contributed by atoms with E-state index in [2.05, 4.69) is 31.2 Å². The highest BCUT2D eigenvalue weighted by molar-refractivity contribution is 9.10. The van der Waals surface area contributed by atoms with Crippen LogP contribution < -0.4 is 5.56 Å². The molecule has 0 spiro atoms. The Kier molecular flexibility index (Phi) is 3.81. The van der Waals surface area contributed by atoms with Crippen LogP contribution >= 0.6 is 27.3 Å². The number of hydrogen-bond donors (Lipinski definition) is 0. The summed E-state index contributed by atoms with van der Waals surface area (Å²) in [4.78, 5) is 28.4. The first-order valence-corrected chi connectivity index (χ1v) is 9.09. The Morgan fingerprint density at radius 2 is 1.92 bits per heavy atom. The van der Waals surface area contributed by atoms with Crippen molar-refractivity contribution < 1.29 is 4.92 Å². The number of halogens is 1. The van der Waals surface area contributed by atoms with Gasteiger partial charge in [0.2, 0.25) is 0 Å². The number of aryl methyl sites for hydroxylation is 2. The molecule has 4 aromatic rings. The van der Waals surface area contributed by atoms with Crippen molar-refractivity contribution >= 4 is 53.4 Å². The van der Waals surface area contributed by atoms with Gasteiger partial charge in [0.05, 0.1) is 16.3 Å². The van der Waals surface area contributed by atoms with E-state index >= 15 is 0 Å². The minimum absolute atomic E-state index is 0.0575. The topological polar surface area (TPSA) is 104 Å². The van der Waals surface area contributed by atoms with Crippen molar-refractivity contribution in [2.45, 2.75) is 13.8 Å². The maximum Gasteiger partial charge on any atom is 0.292 e. The minimum Gasteiger partial charge on any atom is -0.266 e. The van der Waals surface area contributed by atoms with Gasteiger partial charge in [-0.15, -0.1) is 16.4 Å². The molecule has 0 amide bonds. The molecule has 130 valence electrons. The first kappa shape index (κ1) is 16.7. The Balaban J connectivity index is 1.98. The van der Waals surface area contributed by atoms with Crippen molar-refractivity contribution in [2.75, 3.05) is 0 Å². The maximum absolute atomic E-state index is 12.9. The highest BCUT2D eigenvalue weighted by Crippen LogP contribution is 2.35. The zero-order valence-electron chi connectivity index (χ0n) is 13.6. The van der Waals surface area contributed by atoms with E-state index < -0.39 is 4.92 Å². The average molecular weight is 432 g/mol. The number of thiophene rings is 1. The smallest absolute Gasteiger partial charge is 0.266 e. The van der Waals surface area contributed by atoms with Gasteiger partial charge in [-0.1, -0.05) is 5.21 Å². The van der Waals surface area contributed by atoms with Crippen LogP contribution in [0, 0.1) is 24.0 Å². The number of benzene rings is 1. The van der Waals surface area contributed by atoms with Gasteiger partial charge in [0, 0.05) is 22.0 Å². The van der Waals surface area contributed by atoms with Gasteiger partial charge in [0.25, 0.3) is 11.2 Å². The molecule has 8 nitrogen and oxygen atoms in total.